The highest BCUT2D eigenvalue weighted by Gasteiger charge is 2.34. The molecule has 0 saturated heterocycles. The average molecular weight is 365 g/mol. The molecular weight excluding hydrogens is 344 g/mol. The zero-order valence-electron chi connectivity index (χ0n) is 14.1. The van der Waals surface area contributed by atoms with Crippen LogP contribution in [-0.2, 0) is 13.6 Å². The molecule has 0 radical (unpaired) electrons. The van der Waals surface area contributed by atoms with Gasteiger partial charge >= 0.3 is 0 Å². The highest BCUT2D eigenvalue weighted by molar-refractivity contribution is 6.30. The normalized spacial score (nSPS) is 23.0. The summed E-state index contributed by atoms with van der Waals surface area (Å²) in [5, 5.41) is 17.9. The third-order valence-electron chi connectivity index (χ3n) is 4.61. The first-order valence-corrected chi connectivity index (χ1v) is 8.55. The average Bonchev–Trinajstić information content (AvgIpc) is 3.10. The molecule has 2 heterocycles. The SMILES string of the molecule is Cc1cc(C(=O)N[C@@H]2CC(Cn3cc(Cl)cn3)C[C@H]2O)cn(C)c1=O. The van der Waals surface area contributed by atoms with Gasteiger partial charge in [0, 0.05) is 31.5 Å². The number of rotatable bonds is 4. The van der Waals surface area contributed by atoms with E-state index in [-0.39, 0.29) is 23.4 Å². The zero-order chi connectivity index (χ0) is 18.1. The molecule has 1 saturated carbocycles. The number of aryl methyl sites for hydroxylation is 2. The van der Waals surface area contributed by atoms with Gasteiger partial charge in [0.15, 0.2) is 0 Å². The summed E-state index contributed by atoms with van der Waals surface area (Å²) in [6.45, 7) is 2.32. The Kier molecular flexibility index (Phi) is 4.96. The summed E-state index contributed by atoms with van der Waals surface area (Å²) in [6.07, 6.45) is 5.48. The van der Waals surface area contributed by atoms with Gasteiger partial charge in [-0.1, -0.05) is 11.6 Å². The molecule has 0 spiro atoms. The van der Waals surface area contributed by atoms with Crippen LogP contribution in [0.25, 0.3) is 0 Å². The van der Waals surface area contributed by atoms with Gasteiger partial charge in [0.2, 0.25) is 0 Å². The predicted octanol–water partition coefficient (Wildman–Crippen LogP) is 1.11. The number of aliphatic hydroxyl groups excluding tert-OH is 1. The zero-order valence-corrected chi connectivity index (χ0v) is 14.9. The highest BCUT2D eigenvalue weighted by atomic mass is 35.5. The number of carbonyl (C=O) groups is 1. The Morgan fingerprint density at radius 2 is 2.20 bits per heavy atom. The number of carbonyl (C=O) groups excluding carboxylic acids is 1. The second kappa shape index (κ2) is 7.01. The largest absolute Gasteiger partial charge is 0.391 e. The fraction of sp³-hybridized carbons (Fsp3) is 0.471. The lowest BCUT2D eigenvalue weighted by molar-refractivity contribution is 0.0872. The van der Waals surface area contributed by atoms with Gasteiger partial charge in [-0.3, -0.25) is 14.3 Å². The Labute approximate surface area is 150 Å². The van der Waals surface area contributed by atoms with E-state index in [1.165, 1.54) is 10.8 Å². The summed E-state index contributed by atoms with van der Waals surface area (Å²) < 4.78 is 3.14. The fourth-order valence-electron chi connectivity index (χ4n) is 3.38. The minimum Gasteiger partial charge on any atom is -0.391 e. The maximum Gasteiger partial charge on any atom is 0.253 e. The Bertz CT molecular complexity index is 818. The van der Waals surface area contributed by atoms with E-state index in [0.717, 1.165) is 0 Å². The maximum absolute atomic E-state index is 12.5. The van der Waals surface area contributed by atoms with E-state index in [4.69, 9.17) is 11.6 Å². The second-order valence-electron chi connectivity index (χ2n) is 6.69. The monoisotopic (exact) mass is 364 g/mol. The number of aliphatic hydroxyl groups is 1. The number of hydrogen-bond acceptors (Lipinski definition) is 4. The molecule has 0 aromatic carbocycles. The predicted molar refractivity (Wildman–Crippen MR) is 93.6 cm³/mol. The van der Waals surface area contributed by atoms with Crippen molar-refractivity contribution < 1.29 is 9.90 Å². The topological polar surface area (TPSA) is 89.2 Å². The number of nitrogens with zero attached hydrogens (tertiary/aromatic N) is 3. The molecule has 1 amide bonds. The smallest absolute Gasteiger partial charge is 0.253 e. The highest BCUT2D eigenvalue weighted by Crippen LogP contribution is 2.28. The van der Waals surface area contributed by atoms with Crippen molar-refractivity contribution in [1.29, 1.82) is 0 Å². The van der Waals surface area contributed by atoms with Crippen LogP contribution >= 0.6 is 11.6 Å². The Morgan fingerprint density at radius 1 is 1.44 bits per heavy atom. The van der Waals surface area contributed by atoms with E-state index in [0.29, 0.717) is 35.5 Å². The van der Waals surface area contributed by atoms with Crippen LogP contribution in [0.1, 0.15) is 28.8 Å². The van der Waals surface area contributed by atoms with Gasteiger partial charge in [0.1, 0.15) is 0 Å². The number of halogens is 1. The van der Waals surface area contributed by atoms with Gasteiger partial charge in [-0.15, -0.1) is 0 Å². The van der Waals surface area contributed by atoms with Crippen molar-refractivity contribution in [2.75, 3.05) is 0 Å². The molecule has 25 heavy (non-hydrogen) atoms. The van der Waals surface area contributed by atoms with Crippen LogP contribution in [-0.4, -0.2) is 37.5 Å². The summed E-state index contributed by atoms with van der Waals surface area (Å²) in [7, 11) is 1.61. The van der Waals surface area contributed by atoms with Crippen LogP contribution in [0.15, 0.2) is 29.5 Å². The molecule has 134 valence electrons. The lowest BCUT2D eigenvalue weighted by atomic mass is 10.1. The van der Waals surface area contributed by atoms with Crippen LogP contribution in [0.4, 0.5) is 0 Å². The van der Waals surface area contributed by atoms with Crippen LogP contribution in [0.5, 0.6) is 0 Å². The summed E-state index contributed by atoms with van der Waals surface area (Å²) >= 11 is 5.86. The first-order chi connectivity index (χ1) is 11.8. The third kappa shape index (κ3) is 3.93. The lowest BCUT2D eigenvalue weighted by Crippen LogP contribution is -2.40. The Balaban J connectivity index is 1.64. The van der Waals surface area contributed by atoms with E-state index >= 15 is 0 Å². The van der Waals surface area contributed by atoms with E-state index in [2.05, 4.69) is 10.4 Å². The van der Waals surface area contributed by atoms with Gasteiger partial charge < -0.3 is 15.0 Å². The van der Waals surface area contributed by atoms with Crippen LogP contribution in [0.3, 0.4) is 0 Å². The van der Waals surface area contributed by atoms with Crippen molar-refractivity contribution in [3.8, 4) is 0 Å². The van der Waals surface area contributed by atoms with Crippen LogP contribution in [0.2, 0.25) is 5.02 Å². The molecule has 7 nitrogen and oxygen atoms in total. The van der Waals surface area contributed by atoms with Crippen molar-refractivity contribution in [2.24, 2.45) is 13.0 Å². The van der Waals surface area contributed by atoms with Gasteiger partial charge in [0.25, 0.3) is 11.5 Å². The van der Waals surface area contributed by atoms with Crippen LogP contribution < -0.4 is 10.9 Å². The molecule has 2 aromatic heterocycles. The first-order valence-electron chi connectivity index (χ1n) is 8.17. The van der Waals surface area contributed by atoms with Crippen molar-refractivity contribution >= 4 is 17.5 Å². The number of hydrogen-bond donors (Lipinski definition) is 2. The molecule has 2 N–H and O–H groups in total. The van der Waals surface area contributed by atoms with Gasteiger partial charge in [-0.05, 0) is 31.7 Å². The van der Waals surface area contributed by atoms with E-state index in [1.54, 1.807) is 37.1 Å². The molecule has 0 bridgehead atoms. The third-order valence-corrected chi connectivity index (χ3v) is 4.81. The molecule has 3 rings (SSSR count). The maximum atomic E-state index is 12.5. The molecule has 8 heteroatoms. The van der Waals surface area contributed by atoms with Crippen molar-refractivity contribution in [3.63, 3.8) is 0 Å². The van der Waals surface area contributed by atoms with Crippen molar-refractivity contribution in [1.82, 2.24) is 19.7 Å². The number of nitrogens with one attached hydrogen (secondary N) is 1. The molecule has 0 aliphatic heterocycles. The summed E-state index contributed by atoms with van der Waals surface area (Å²) in [5.74, 6) is -0.0799. The van der Waals surface area contributed by atoms with Gasteiger partial charge in [0.05, 0.1) is 28.9 Å². The van der Waals surface area contributed by atoms with E-state index in [1.807, 2.05) is 0 Å². The molecule has 3 atom stereocenters. The lowest BCUT2D eigenvalue weighted by Gasteiger charge is -2.17. The summed E-state index contributed by atoms with van der Waals surface area (Å²) in [5.41, 5.74) is 0.792. The fourth-order valence-corrected chi connectivity index (χ4v) is 3.54. The van der Waals surface area contributed by atoms with Crippen molar-refractivity contribution in [2.45, 2.75) is 38.5 Å². The number of pyridine rings is 1. The van der Waals surface area contributed by atoms with E-state index < -0.39 is 6.10 Å². The van der Waals surface area contributed by atoms with Gasteiger partial charge in [-0.25, -0.2) is 0 Å². The number of aromatic nitrogens is 3. The van der Waals surface area contributed by atoms with Gasteiger partial charge in [-0.2, -0.15) is 5.10 Å². The quantitative estimate of drug-likeness (QED) is 0.850. The molecule has 1 aliphatic carbocycles. The van der Waals surface area contributed by atoms with Crippen molar-refractivity contribution in [3.05, 3.63) is 51.2 Å². The summed E-state index contributed by atoms with van der Waals surface area (Å²) in [4.78, 5) is 24.2. The van der Waals surface area contributed by atoms with E-state index in [9.17, 15) is 14.7 Å². The molecule has 2 aromatic rings. The molecule has 1 unspecified atom stereocenters. The Morgan fingerprint density at radius 3 is 2.84 bits per heavy atom. The van der Waals surface area contributed by atoms with Crippen LogP contribution in [0, 0.1) is 12.8 Å². The minimum atomic E-state index is -0.603. The standard InChI is InChI=1S/C17H21ClN4O3/c1-10-3-12(8-21(2)17(10)25)16(24)20-14-4-11(5-15(14)23)7-22-9-13(18)6-19-22/h3,6,8-9,11,14-15,23H,4-5,7H2,1-2H3,(H,20,24)/t11?,14-,15-/m1/s1. The summed E-state index contributed by atoms with van der Waals surface area (Å²) in [6, 6.07) is 1.25. The molecule has 1 aliphatic rings. The minimum absolute atomic E-state index is 0.129. The second-order valence-corrected chi connectivity index (χ2v) is 7.13. The Hall–Kier alpha value is -2.12. The molecular formula is C17H21ClN4O3. The number of amides is 1. The molecule has 1 fully saturated rings. The first kappa shape index (κ1) is 17.7.